The number of Topliss-reactive ketones (excluding diaryl/α,β-unsaturated/α-hetero) is 2. The molecular weight excluding hydrogens is 266 g/mol. The van der Waals surface area contributed by atoms with Crippen molar-refractivity contribution >= 4 is 23.3 Å². The number of ketones is 2. The van der Waals surface area contributed by atoms with Gasteiger partial charge in [0, 0.05) is 16.7 Å². The molecule has 4 heteroatoms. The van der Waals surface area contributed by atoms with Crippen LogP contribution in [0.4, 0.5) is 5.69 Å². The summed E-state index contributed by atoms with van der Waals surface area (Å²) in [5, 5.41) is 12.8. The van der Waals surface area contributed by atoms with Crippen molar-refractivity contribution in [2.24, 2.45) is 0 Å². The number of phenolic OH excluding ortho intramolecular Hbond substituents is 1. The summed E-state index contributed by atoms with van der Waals surface area (Å²) in [4.78, 5) is 24.0. The summed E-state index contributed by atoms with van der Waals surface area (Å²) in [5.41, 5.74) is 2.40. The van der Waals surface area contributed by atoms with Crippen LogP contribution in [-0.4, -0.2) is 16.7 Å². The van der Waals surface area contributed by atoms with E-state index in [0.717, 1.165) is 0 Å². The largest absolute Gasteiger partial charge is 0.507 e. The van der Waals surface area contributed by atoms with Crippen LogP contribution in [0.5, 0.6) is 5.75 Å². The van der Waals surface area contributed by atoms with Crippen molar-refractivity contribution in [2.45, 2.75) is 6.92 Å². The lowest BCUT2D eigenvalue weighted by Gasteiger charge is -2.04. The van der Waals surface area contributed by atoms with Crippen molar-refractivity contribution in [3.8, 4) is 5.75 Å². The van der Waals surface area contributed by atoms with Gasteiger partial charge >= 0.3 is 0 Å². The van der Waals surface area contributed by atoms with Crippen LogP contribution >= 0.6 is 0 Å². The van der Waals surface area contributed by atoms with Gasteiger partial charge < -0.3 is 10.4 Å². The zero-order valence-electron chi connectivity index (χ0n) is 11.4. The van der Waals surface area contributed by atoms with E-state index >= 15 is 0 Å². The zero-order valence-corrected chi connectivity index (χ0v) is 11.4. The van der Waals surface area contributed by atoms with E-state index in [-0.39, 0.29) is 17.3 Å². The third kappa shape index (κ3) is 2.21. The standard InChI is InChI=1S/C17H13NO3/c1-10(19)12-6-4-7-13-16(12)18-14(17(13)21)9-11-5-2-3-8-15(11)20/h2-9,18,20H,1H3. The molecule has 0 bridgehead atoms. The van der Waals surface area contributed by atoms with Gasteiger partial charge in [0.1, 0.15) is 5.75 Å². The van der Waals surface area contributed by atoms with Gasteiger partial charge in [-0.3, -0.25) is 9.59 Å². The molecule has 1 aliphatic heterocycles. The van der Waals surface area contributed by atoms with Gasteiger partial charge in [-0.1, -0.05) is 24.3 Å². The van der Waals surface area contributed by atoms with Crippen LogP contribution in [0.25, 0.3) is 6.08 Å². The Kier molecular flexibility index (Phi) is 3.06. The normalized spacial score (nSPS) is 14.9. The molecule has 0 unspecified atom stereocenters. The molecule has 0 atom stereocenters. The molecule has 1 heterocycles. The maximum absolute atomic E-state index is 12.4. The highest BCUT2D eigenvalue weighted by molar-refractivity contribution is 6.23. The zero-order chi connectivity index (χ0) is 15.0. The molecule has 2 aromatic rings. The van der Waals surface area contributed by atoms with Crippen LogP contribution in [0.2, 0.25) is 0 Å². The van der Waals surface area contributed by atoms with Gasteiger partial charge in [-0.25, -0.2) is 0 Å². The quantitative estimate of drug-likeness (QED) is 0.654. The fraction of sp³-hybridized carbons (Fsp3) is 0.0588. The van der Waals surface area contributed by atoms with E-state index in [1.807, 2.05) is 0 Å². The lowest BCUT2D eigenvalue weighted by molar-refractivity contribution is 0.101. The second kappa shape index (κ2) is 4.90. The number of phenols is 1. The Balaban J connectivity index is 2.07. The maximum atomic E-state index is 12.4. The molecule has 3 rings (SSSR count). The predicted octanol–water partition coefficient (Wildman–Crippen LogP) is 3.24. The second-order valence-corrected chi connectivity index (χ2v) is 4.86. The monoisotopic (exact) mass is 279 g/mol. The Labute approximate surface area is 121 Å². The van der Waals surface area contributed by atoms with Gasteiger partial charge in [0.05, 0.1) is 11.4 Å². The maximum Gasteiger partial charge on any atom is 0.211 e. The Morgan fingerprint density at radius 3 is 2.62 bits per heavy atom. The van der Waals surface area contributed by atoms with Gasteiger partial charge in [-0.05, 0) is 31.2 Å². The first kappa shape index (κ1) is 13.1. The third-order valence-corrected chi connectivity index (χ3v) is 3.43. The molecule has 0 saturated carbocycles. The van der Waals surface area contributed by atoms with Crippen molar-refractivity contribution in [3.63, 3.8) is 0 Å². The highest BCUT2D eigenvalue weighted by Crippen LogP contribution is 2.33. The average molecular weight is 279 g/mol. The predicted molar refractivity (Wildman–Crippen MR) is 80.5 cm³/mol. The lowest BCUT2D eigenvalue weighted by atomic mass is 10.0. The van der Waals surface area contributed by atoms with Crippen LogP contribution in [0.1, 0.15) is 33.2 Å². The highest BCUT2D eigenvalue weighted by atomic mass is 16.3. The topological polar surface area (TPSA) is 66.4 Å². The van der Waals surface area contributed by atoms with Crippen molar-refractivity contribution in [1.29, 1.82) is 0 Å². The number of carbonyl (C=O) groups is 2. The molecule has 0 saturated heterocycles. The van der Waals surface area contributed by atoms with Crippen molar-refractivity contribution < 1.29 is 14.7 Å². The number of hydrogen-bond donors (Lipinski definition) is 2. The van der Waals surface area contributed by atoms with Gasteiger partial charge in [-0.15, -0.1) is 0 Å². The first-order valence-corrected chi connectivity index (χ1v) is 6.53. The number of nitrogens with one attached hydrogen (secondary N) is 1. The van der Waals surface area contributed by atoms with Crippen LogP contribution < -0.4 is 5.32 Å². The molecule has 0 fully saturated rings. The number of benzene rings is 2. The molecule has 2 aromatic carbocycles. The Bertz CT molecular complexity index is 790. The molecule has 104 valence electrons. The first-order valence-electron chi connectivity index (χ1n) is 6.53. The van der Waals surface area contributed by atoms with Gasteiger partial charge in [0.25, 0.3) is 0 Å². The van der Waals surface area contributed by atoms with Gasteiger partial charge in [0.15, 0.2) is 5.78 Å². The van der Waals surface area contributed by atoms with E-state index in [1.165, 1.54) is 6.92 Å². The van der Waals surface area contributed by atoms with E-state index in [0.29, 0.717) is 28.1 Å². The fourth-order valence-electron chi connectivity index (χ4n) is 2.37. The summed E-state index contributed by atoms with van der Waals surface area (Å²) >= 11 is 0. The minimum atomic E-state index is -0.184. The van der Waals surface area contributed by atoms with E-state index in [1.54, 1.807) is 48.5 Å². The number of allylic oxidation sites excluding steroid dienone is 1. The van der Waals surface area contributed by atoms with E-state index in [9.17, 15) is 14.7 Å². The number of rotatable bonds is 2. The van der Waals surface area contributed by atoms with Gasteiger partial charge in [0.2, 0.25) is 5.78 Å². The number of hydrogen-bond acceptors (Lipinski definition) is 4. The Morgan fingerprint density at radius 2 is 1.90 bits per heavy atom. The Hall–Kier alpha value is -2.88. The molecule has 21 heavy (non-hydrogen) atoms. The average Bonchev–Trinajstić information content (AvgIpc) is 2.78. The SMILES string of the molecule is CC(=O)c1cccc2c1NC(=Cc1ccccc1O)C2=O. The van der Waals surface area contributed by atoms with Crippen LogP contribution in [0, 0.1) is 0 Å². The summed E-state index contributed by atoms with van der Waals surface area (Å²) < 4.78 is 0. The van der Waals surface area contributed by atoms with E-state index in [4.69, 9.17) is 0 Å². The summed E-state index contributed by atoms with van der Waals surface area (Å²) in [7, 11) is 0. The van der Waals surface area contributed by atoms with Crippen LogP contribution in [-0.2, 0) is 0 Å². The molecule has 0 spiro atoms. The second-order valence-electron chi connectivity index (χ2n) is 4.86. The number of anilines is 1. The minimum absolute atomic E-state index is 0.0994. The highest BCUT2D eigenvalue weighted by Gasteiger charge is 2.27. The fourth-order valence-corrected chi connectivity index (χ4v) is 2.37. The van der Waals surface area contributed by atoms with Crippen molar-refractivity contribution in [2.75, 3.05) is 5.32 Å². The molecule has 1 aliphatic rings. The van der Waals surface area contributed by atoms with Gasteiger partial charge in [-0.2, -0.15) is 0 Å². The first-order chi connectivity index (χ1) is 10.1. The molecule has 0 aliphatic carbocycles. The number of aromatic hydroxyl groups is 1. The van der Waals surface area contributed by atoms with E-state index in [2.05, 4.69) is 5.32 Å². The molecule has 4 nitrogen and oxygen atoms in total. The number of fused-ring (bicyclic) bond motifs is 1. The smallest absolute Gasteiger partial charge is 0.211 e. The van der Waals surface area contributed by atoms with Crippen LogP contribution in [0.15, 0.2) is 48.2 Å². The molecule has 2 N–H and O–H groups in total. The molecular formula is C17H13NO3. The molecule has 0 aromatic heterocycles. The summed E-state index contributed by atoms with van der Waals surface area (Å²) in [5.74, 6) is -0.186. The lowest BCUT2D eigenvalue weighted by Crippen LogP contribution is -2.00. The molecule has 0 amide bonds. The minimum Gasteiger partial charge on any atom is -0.507 e. The summed E-state index contributed by atoms with van der Waals surface area (Å²) in [6, 6.07) is 11.8. The number of carbonyl (C=O) groups excluding carboxylic acids is 2. The summed E-state index contributed by atoms with van der Waals surface area (Å²) in [6.07, 6.45) is 1.58. The van der Waals surface area contributed by atoms with Crippen molar-refractivity contribution in [3.05, 3.63) is 64.9 Å². The summed E-state index contributed by atoms with van der Waals surface area (Å²) in [6.45, 7) is 1.46. The van der Waals surface area contributed by atoms with Crippen molar-refractivity contribution in [1.82, 2.24) is 0 Å². The third-order valence-electron chi connectivity index (χ3n) is 3.43. The Morgan fingerprint density at radius 1 is 1.14 bits per heavy atom. The van der Waals surface area contributed by atoms with Crippen LogP contribution in [0.3, 0.4) is 0 Å². The molecule has 0 radical (unpaired) electrons. The van der Waals surface area contributed by atoms with E-state index < -0.39 is 0 Å². The number of para-hydroxylation sites is 2.